The molecule has 2 aliphatic rings. The number of carbonyl (C=O) groups excluding carboxylic acids is 1. The maximum absolute atomic E-state index is 12.3. The monoisotopic (exact) mass is 260 g/mol. The molecular formula is C10H16N2O4S. The van der Waals surface area contributed by atoms with Crippen molar-refractivity contribution in [3.8, 4) is 0 Å². The molecule has 6 nitrogen and oxygen atoms in total. The Kier molecular flexibility index (Phi) is 3.90. The predicted molar refractivity (Wildman–Crippen MR) is 62.8 cm³/mol. The third-order valence-electron chi connectivity index (χ3n) is 3.22. The summed E-state index contributed by atoms with van der Waals surface area (Å²) in [6.07, 6.45) is 0. The van der Waals surface area contributed by atoms with Crippen molar-refractivity contribution in [2.75, 3.05) is 31.9 Å². The molecule has 2 heterocycles. The Morgan fingerprint density at radius 3 is 2.88 bits per heavy atom. The number of hydrogen-bond acceptors (Lipinski definition) is 5. The predicted octanol–water partition coefficient (Wildman–Crippen LogP) is -0.793. The van der Waals surface area contributed by atoms with Gasteiger partial charge in [-0.05, 0) is 7.05 Å². The van der Waals surface area contributed by atoms with Crippen LogP contribution in [0.15, 0.2) is 0 Å². The van der Waals surface area contributed by atoms with E-state index in [1.54, 1.807) is 7.05 Å². The molecule has 0 saturated carbocycles. The molecule has 2 saturated heterocycles. The molecule has 2 unspecified atom stereocenters. The molecule has 0 aliphatic carbocycles. The summed E-state index contributed by atoms with van der Waals surface area (Å²) in [5.74, 6) is -0.371. The lowest BCUT2D eigenvalue weighted by Gasteiger charge is -2.25. The summed E-state index contributed by atoms with van der Waals surface area (Å²) < 4.78 is 5.27. The highest BCUT2D eigenvalue weighted by molar-refractivity contribution is 7.99. The van der Waals surface area contributed by atoms with Gasteiger partial charge in [-0.3, -0.25) is 4.79 Å². The third-order valence-corrected chi connectivity index (χ3v) is 4.23. The summed E-state index contributed by atoms with van der Waals surface area (Å²) in [4.78, 5) is 24.7. The van der Waals surface area contributed by atoms with Crippen LogP contribution < -0.4 is 5.32 Å². The van der Waals surface area contributed by atoms with E-state index in [1.165, 1.54) is 16.7 Å². The van der Waals surface area contributed by atoms with E-state index < -0.39 is 12.0 Å². The first-order valence-electron chi connectivity index (χ1n) is 5.51. The SMILES string of the molecule is CNC1COCC1C(=O)N1CSC[C@H]1C(=O)O. The average Bonchev–Trinajstić information content (AvgIpc) is 2.96. The van der Waals surface area contributed by atoms with Gasteiger partial charge in [-0.25, -0.2) is 4.79 Å². The van der Waals surface area contributed by atoms with E-state index in [9.17, 15) is 9.59 Å². The fourth-order valence-corrected chi connectivity index (χ4v) is 3.31. The van der Waals surface area contributed by atoms with E-state index in [1.807, 2.05) is 0 Å². The van der Waals surface area contributed by atoms with E-state index in [0.717, 1.165) is 0 Å². The third kappa shape index (κ3) is 2.41. The average molecular weight is 260 g/mol. The molecule has 0 aromatic rings. The smallest absolute Gasteiger partial charge is 0.327 e. The summed E-state index contributed by atoms with van der Waals surface area (Å²) in [6.45, 7) is 0.878. The van der Waals surface area contributed by atoms with Gasteiger partial charge in [0.1, 0.15) is 6.04 Å². The fraction of sp³-hybridized carbons (Fsp3) is 0.800. The zero-order chi connectivity index (χ0) is 12.4. The number of carbonyl (C=O) groups is 2. The molecule has 2 rings (SSSR count). The zero-order valence-corrected chi connectivity index (χ0v) is 10.4. The molecule has 96 valence electrons. The molecule has 2 fully saturated rings. The van der Waals surface area contributed by atoms with E-state index in [2.05, 4.69) is 5.32 Å². The Balaban J connectivity index is 2.06. The number of ether oxygens (including phenoxy) is 1. The highest BCUT2D eigenvalue weighted by atomic mass is 32.2. The number of carboxylic acid groups (broad SMARTS) is 1. The van der Waals surface area contributed by atoms with Gasteiger partial charge in [0.25, 0.3) is 0 Å². The van der Waals surface area contributed by atoms with Crippen LogP contribution in [-0.4, -0.2) is 65.9 Å². The van der Waals surface area contributed by atoms with Crippen molar-refractivity contribution in [2.45, 2.75) is 12.1 Å². The maximum atomic E-state index is 12.3. The largest absolute Gasteiger partial charge is 0.480 e. The number of nitrogens with zero attached hydrogens (tertiary/aromatic N) is 1. The summed E-state index contributed by atoms with van der Waals surface area (Å²) in [5, 5.41) is 12.1. The molecule has 0 spiro atoms. The topological polar surface area (TPSA) is 78.9 Å². The van der Waals surface area contributed by atoms with Crippen molar-refractivity contribution in [1.82, 2.24) is 10.2 Å². The molecule has 7 heteroatoms. The van der Waals surface area contributed by atoms with Gasteiger partial charge in [0, 0.05) is 11.8 Å². The molecule has 17 heavy (non-hydrogen) atoms. The molecule has 0 aromatic heterocycles. The maximum Gasteiger partial charge on any atom is 0.327 e. The number of rotatable bonds is 3. The van der Waals surface area contributed by atoms with Gasteiger partial charge < -0.3 is 20.1 Å². The van der Waals surface area contributed by atoms with Gasteiger partial charge in [-0.1, -0.05) is 0 Å². The van der Waals surface area contributed by atoms with E-state index in [4.69, 9.17) is 9.84 Å². The number of hydrogen-bond donors (Lipinski definition) is 2. The van der Waals surface area contributed by atoms with Gasteiger partial charge in [0.05, 0.1) is 25.0 Å². The van der Waals surface area contributed by atoms with Gasteiger partial charge in [0.2, 0.25) is 5.91 Å². The Hall–Kier alpha value is -0.790. The minimum absolute atomic E-state index is 0.0115. The van der Waals surface area contributed by atoms with E-state index in [0.29, 0.717) is 24.8 Å². The number of likely N-dealkylation sites (N-methyl/N-ethyl adjacent to an activating group) is 1. The second kappa shape index (κ2) is 5.24. The molecule has 0 aromatic carbocycles. The van der Waals surface area contributed by atoms with Gasteiger partial charge in [0.15, 0.2) is 0 Å². The van der Waals surface area contributed by atoms with Gasteiger partial charge in [-0.2, -0.15) is 0 Å². The van der Waals surface area contributed by atoms with Crippen LogP contribution >= 0.6 is 11.8 Å². The quantitative estimate of drug-likeness (QED) is 0.692. The molecular weight excluding hydrogens is 244 g/mol. The lowest BCUT2D eigenvalue weighted by Crippen LogP contribution is -2.49. The van der Waals surface area contributed by atoms with Crippen molar-refractivity contribution >= 4 is 23.6 Å². The second-order valence-corrected chi connectivity index (χ2v) is 5.20. The van der Waals surface area contributed by atoms with Crippen LogP contribution in [0.1, 0.15) is 0 Å². The van der Waals surface area contributed by atoms with Crippen LogP contribution in [0, 0.1) is 5.92 Å². The normalized spacial score (nSPS) is 33.0. The van der Waals surface area contributed by atoms with E-state index in [-0.39, 0.29) is 17.9 Å². The van der Waals surface area contributed by atoms with Crippen LogP contribution in [0.5, 0.6) is 0 Å². The number of thioether (sulfide) groups is 1. The Morgan fingerprint density at radius 2 is 2.24 bits per heavy atom. The Bertz CT molecular complexity index is 325. The Morgan fingerprint density at radius 1 is 1.47 bits per heavy atom. The number of nitrogens with one attached hydrogen (secondary N) is 1. The van der Waals surface area contributed by atoms with Crippen molar-refractivity contribution < 1.29 is 19.4 Å². The summed E-state index contributed by atoms with van der Waals surface area (Å²) in [5.41, 5.74) is 0. The molecule has 2 aliphatic heterocycles. The van der Waals surface area contributed by atoms with Gasteiger partial charge >= 0.3 is 5.97 Å². The summed E-state index contributed by atoms with van der Waals surface area (Å²) >= 11 is 1.48. The lowest BCUT2D eigenvalue weighted by molar-refractivity contribution is -0.149. The minimum atomic E-state index is -0.928. The first kappa shape index (κ1) is 12.7. The van der Waals surface area contributed by atoms with Crippen molar-refractivity contribution in [3.63, 3.8) is 0 Å². The number of carboxylic acids is 1. The minimum Gasteiger partial charge on any atom is -0.480 e. The van der Waals surface area contributed by atoms with Crippen LogP contribution in [0.25, 0.3) is 0 Å². The van der Waals surface area contributed by atoms with Crippen LogP contribution in [-0.2, 0) is 14.3 Å². The van der Waals surface area contributed by atoms with Gasteiger partial charge in [-0.15, -0.1) is 11.8 Å². The molecule has 0 bridgehead atoms. The van der Waals surface area contributed by atoms with Crippen LogP contribution in [0.4, 0.5) is 0 Å². The molecule has 0 radical (unpaired) electrons. The second-order valence-electron chi connectivity index (χ2n) is 4.20. The van der Waals surface area contributed by atoms with Crippen molar-refractivity contribution in [3.05, 3.63) is 0 Å². The number of amides is 1. The lowest BCUT2D eigenvalue weighted by atomic mass is 10.0. The van der Waals surface area contributed by atoms with E-state index >= 15 is 0 Å². The highest BCUT2D eigenvalue weighted by Crippen LogP contribution is 2.25. The summed E-state index contributed by atoms with van der Waals surface area (Å²) in [6, 6.07) is -0.701. The molecule has 3 atom stereocenters. The zero-order valence-electron chi connectivity index (χ0n) is 9.59. The Labute approximate surface area is 104 Å². The first-order chi connectivity index (χ1) is 8.15. The standard InChI is InChI=1S/C10H16N2O4S/c1-11-7-3-16-2-6(7)9(13)12-5-17-4-8(12)10(14)15/h6-8,11H,2-5H2,1H3,(H,14,15)/t6?,7?,8-/m0/s1. The molecule has 2 N–H and O–H groups in total. The van der Waals surface area contributed by atoms with Crippen molar-refractivity contribution in [2.24, 2.45) is 5.92 Å². The van der Waals surface area contributed by atoms with Crippen LogP contribution in [0.3, 0.4) is 0 Å². The van der Waals surface area contributed by atoms with Crippen LogP contribution in [0.2, 0.25) is 0 Å². The molecule has 1 amide bonds. The number of aliphatic carboxylic acids is 1. The first-order valence-corrected chi connectivity index (χ1v) is 6.66. The van der Waals surface area contributed by atoms with Crippen molar-refractivity contribution in [1.29, 1.82) is 0 Å². The fourth-order valence-electron chi connectivity index (χ4n) is 2.16. The summed E-state index contributed by atoms with van der Waals surface area (Å²) in [7, 11) is 1.78. The highest BCUT2D eigenvalue weighted by Gasteiger charge is 2.41.